The molecule has 2 aliphatic carbocycles. The lowest BCUT2D eigenvalue weighted by atomic mass is 10.2. The first kappa shape index (κ1) is 15.5. The predicted octanol–water partition coefficient (Wildman–Crippen LogP) is 2.31. The Morgan fingerprint density at radius 3 is 2.50 bits per heavy atom. The largest absolute Gasteiger partial charge is 0.480 e. The highest BCUT2D eigenvalue weighted by Crippen LogP contribution is 2.29. The van der Waals surface area contributed by atoms with E-state index in [1.807, 2.05) is 0 Å². The Bertz CT molecular complexity index is 358. The van der Waals surface area contributed by atoms with Gasteiger partial charge in [-0.1, -0.05) is 19.3 Å². The van der Waals surface area contributed by atoms with Crippen LogP contribution in [0.2, 0.25) is 0 Å². The minimum atomic E-state index is -0.931. The van der Waals surface area contributed by atoms with Gasteiger partial charge in [0, 0.05) is 17.3 Å². The summed E-state index contributed by atoms with van der Waals surface area (Å²) < 4.78 is 0. The van der Waals surface area contributed by atoms with Crippen molar-refractivity contribution < 1.29 is 14.7 Å². The van der Waals surface area contributed by atoms with E-state index in [-0.39, 0.29) is 24.7 Å². The third-order valence-corrected chi connectivity index (χ3v) is 5.57. The summed E-state index contributed by atoms with van der Waals surface area (Å²) in [5.74, 6) is -0.931. The van der Waals surface area contributed by atoms with Gasteiger partial charge in [0.1, 0.15) is 6.54 Å². The molecule has 2 fully saturated rings. The molecule has 2 N–H and O–H groups in total. The normalized spacial score (nSPS) is 26.6. The van der Waals surface area contributed by atoms with Crippen molar-refractivity contribution in [2.24, 2.45) is 0 Å². The monoisotopic (exact) mass is 300 g/mol. The predicted molar refractivity (Wildman–Crippen MR) is 80.1 cm³/mol. The van der Waals surface area contributed by atoms with Crippen LogP contribution in [0.5, 0.6) is 0 Å². The van der Waals surface area contributed by atoms with Crippen molar-refractivity contribution in [2.75, 3.05) is 12.8 Å². The number of rotatable bonds is 5. The molecule has 0 aromatic heterocycles. The molecule has 0 aromatic carbocycles. The van der Waals surface area contributed by atoms with Crippen molar-refractivity contribution in [3.8, 4) is 0 Å². The number of nitrogens with one attached hydrogen (secondary N) is 1. The molecule has 0 radical (unpaired) electrons. The third-order valence-electron chi connectivity index (χ3n) is 4.40. The molecule has 0 spiro atoms. The maximum atomic E-state index is 12.4. The zero-order valence-corrected chi connectivity index (χ0v) is 12.8. The fraction of sp³-hybridized carbons (Fsp3) is 0.857. The summed E-state index contributed by atoms with van der Waals surface area (Å²) in [4.78, 5) is 25.0. The Morgan fingerprint density at radius 1 is 1.20 bits per heavy atom. The minimum Gasteiger partial charge on any atom is -0.480 e. The second-order valence-corrected chi connectivity index (χ2v) is 6.80. The van der Waals surface area contributed by atoms with E-state index in [1.165, 1.54) is 4.90 Å². The Kier molecular flexibility index (Phi) is 5.57. The molecule has 2 atom stereocenters. The first-order valence-electron chi connectivity index (χ1n) is 7.43. The van der Waals surface area contributed by atoms with Crippen molar-refractivity contribution in [1.29, 1.82) is 0 Å². The molecule has 2 aliphatic rings. The van der Waals surface area contributed by atoms with Crippen molar-refractivity contribution in [1.82, 2.24) is 10.2 Å². The van der Waals surface area contributed by atoms with Crippen LogP contribution in [0.25, 0.3) is 0 Å². The summed E-state index contributed by atoms with van der Waals surface area (Å²) >= 11 is 1.79. The molecule has 2 rings (SSSR count). The topological polar surface area (TPSA) is 69.6 Å². The van der Waals surface area contributed by atoms with Crippen LogP contribution in [0.1, 0.15) is 44.9 Å². The van der Waals surface area contributed by atoms with Crippen molar-refractivity contribution in [3.63, 3.8) is 0 Å². The van der Waals surface area contributed by atoms with Crippen molar-refractivity contribution in [3.05, 3.63) is 0 Å². The molecule has 0 aromatic rings. The number of carboxylic acids is 1. The summed E-state index contributed by atoms with van der Waals surface area (Å²) in [7, 11) is 0. The van der Waals surface area contributed by atoms with Gasteiger partial charge in [0.15, 0.2) is 0 Å². The van der Waals surface area contributed by atoms with Crippen LogP contribution in [0.4, 0.5) is 4.79 Å². The van der Waals surface area contributed by atoms with Gasteiger partial charge in [-0.2, -0.15) is 11.8 Å². The molecular weight excluding hydrogens is 276 g/mol. The van der Waals surface area contributed by atoms with Gasteiger partial charge in [0.05, 0.1) is 0 Å². The number of thioether (sulfide) groups is 1. The first-order valence-corrected chi connectivity index (χ1v) is 8.72. The van der Waals surface area contributed by atoms with Crippen molar-refractivity contribution >= 4 is 23.8 Å². The average Bonchev–Trinajstić information content (AvgIpc) is 3.06. The maximum Gasteiger partial charge on any atom is 0.323 e. The maximum absolute atomic E-state index is 12.4. The molecule has 5 nitrogen and oxygen atoms in total. The molecule has 2 unspecified atom stereocenters. The van der Waals surface area contributed by atoms with Crippen LogP contribution in [0, 0.1) is 0 Å². The summed E-state index contributed by atoms with van der Waals surface area (Å²) in [6, 6.07) is 0.0979. The van der Waals surface area contributed by atoms with E-state index in [1.54, 1.807) is 11.8 Å². The van der Waals surface area contributed by atoms with Crippen LogP contribution in [-0.4, -0.2) is 52.1 Å². The minimum absolute atomic E-state index is 0.0974. The zero-order valence-electron chi connectivity index (χ0n) is 12.0. The van der Waals surface area contributed by atoms with Gasteiger partial charge in [-0.05, 0) is 31.9 Å². The molecule has 2 saturated carbocycles. The van der Waals surface area contributed by atoms with E-state index in [9.17, 15) is 9.59 Å². The van der Waals surface area contributed by atoms with Gasteiger partial charge in [0.2, 0.25) is 0 Å². The van der Waals surface area contributed by atoms with Gasteiger partial charge in [-0.15, -0.1) is 0 Å². The third kappa shape index (κ3) is 3.81. The van der Waals surface area contributed by atoms with Crippen molar-refractivity contribution in [2.45, 2.75) is 62.3 Å². The molecular formula is C14H24N2O3S. The lowest BCUT2D eigenvalue weighted by molar-refractivity contribution is -0.138. The molecule has 0 heterocycles. The summed E-state index contributed by atoms with van der Waals surface area (Å²) in [6.45, 7) is -0.187. The number of carboxylic acid groups (broad SMARTS) is 1. The van der Waals surface area contributed by atoms with Crippen LogP contribution in [0.15, 0.2) is 0 Å². The Hall–Kier alpha value is -0.910. The Labute approximate surface area is 124 Å². The second kappa shape index (κ2) is 7.20. The van der Waals surface area contributed by atoms with E-state index in [2.05, 4.69) is 11.6 Å². The van der Waals surface area contributed by atoms with Gasteiger partial charge in [0.25, 0.3) is 0 Å². The summed E-state index contributed by atoms with van der Waals surface area (Å²) in [6.07, 6.45) is 9.38. The summed E-state index contributed by atoms with van der Waals surface area (Å²) in [5.41, 5.74) is 0. The van der Waals surface area contributed by atoms with Crippen LogP contribution in [-0.2, 0) is 4.79 Å². The first-order chi connectivity index (χ1) is 9.61. The number of urea groups is 1. The highest BCUT2D eigenvalue weighted by Gasteiger charge is 2.33. The fourth-order valence-corrected chi connectivity index (χ4v) is 4.28. The van der Waals surface area contributed by atoms with Gasteiger partial charge in [-0.3, -0.25) is 4.79 Å². The SMILES string of the molecule is CSC1CCCC1NC(=O)N(CC(=O)O)C1CCCC1. The van der Waals surface area contributed by atoms with Gasteiger partial charge < -0.3 is 15.3 Å². The molecule has 0 aliphatic heterocycles. The van der Waals surface area contributed by atoms with Crippen LogP contribution < -0.4 is 5.32 Å². The number of hydrogen-bond acceptors (Lipinski definition) is 3. The van der Waals surface area contributed by atoms with E-state index in [0.29, 0.717) is 5.25 Å². The number of amides is 2. The number of carbonyl (C=O) groups excluding carboxylic acids is 1. The van der Waals surface area contributed by atoms with E-state index in [0.717, 1.165) is 44.9 Å². The number of hydrogen-bond donors (Lipinski definition) is 2. The van der Waals surface area contributed by atoms with E-state index >= 15 is 0 Å². The Morgan fingerprint density at radius 2 is 1.90 bits per heavy atom. The average molecular weight is 300 g/mol. The highest BCUT2D eigenvalue weighted by molar-refractivity contribution is 7.99. The van der Waals surface area contributed by atoms with Crippen LogP contribution in [0.3, 0.4) is 0 Å². The Balaban J connectivity index is 1.96. The van der Waals surface area contributed by atoms with Crippen LogP contribution >= 0.6 is 11.8 Å². The van der Waals surface area contributed by atoms with Gasteiger partial charge >= 0.3 is 12.0 Å². The molecule has 114 valence electrons. The molecule has 6 heteroatoms. The highest BCUT2D eigenvalue weighted by atomic mass is 32.2. The lowest BCUT2D eigenvalue weighted by Crippen LogP contribution is -2.51. The smallest absolute Gasteiger partial charge is 0.323 e. The fourth-order valence-electron chi connectivity index (χ4n) is 3.34. The molecule has 0 saturated heterocycles. The molecule has 2 amide bonds. The molecule has 20 heavy (non-hydrogen) atoms. The zero-order chi connectivity index (χ0) is 14.5. The summed E-state index contributed by atoms with van der Waals surface area (Å²) in [5, 5.41) is 12.6. The number of aliphatic carboxylic acids is 1. The van der Waals surface area contributed by atoms with E-state index in [4.69, 9.17) is 5.11 Å². The molecule has 0 bridgehead atoms. The standard InChI is InChI=1S/C14H24N2O3S/c1-20-12-8-4-7-11(12)15-14(19)16(9-13(17)18)10-5-2-3-6-10/h10-12H,2-9H2,1H3,(H,15,19)(H,17,18). The van der Waals surface area contributed by atoms with Gasteiger partial charge in [-0.25, -0.2) is 4.79 Å². The number of carbonyl (C=O) groups is 2. The second-order valence-electron chi connectivity index (χ2n) is 5.72. The lowest BCUT2D eigenvalue weighted by Gasteiger charge is -2.30. The van der Waals surface area contributed by atoms with E-state index < -0.39 is 5.97 Å². The number of nitrogens with zero attached hydrogens (tertiary/aromatic N) is 1. The quantitative estimate of drug-likeness (QED) is 0.817.